The van der Waals surface area contributed by atoms with Gasteiger partial charge in [0, 0.05) is 42.8 Å². The summed E-state index contributed by atoms with van der Waals surface area (Å²) < 4.78 is 17.4. The lowest BCUT2D eigenvalue weighted by Crippen LogP contribution is -2.39. The summed E-state index contributed by atoms with van der Waals surface area (Å²) in [6, 6.07) is 15.2. The molecule has 10 heteroatoms. The molecule has 1 amide bonds. The standard InChI is InChI=1S/C31H30FN5O3Si/c1-18-23-5-3-2-4-19(23)10-13-36(18)29(38)26-15-28(20-6-7-20)37-17-27(34-30(37)33-26)24-9-8-21(14-25(24)32)35-12-11-22(16-35)41-31(39)40/h2-5,8-9,14-15,17-18,20,22H,6-7,10-13,16H2,1H3,(H,39,40)/t18-,22?/m1/s1. The number of amides is 1. The number of benzene rings is 2. The van der Waals surface area contributed by atoms with Crippen molar-refractivity contribution in [3.05, 3.63) is 83.1 Å². The van der Waals surface area contributed by atoms with E-state index in [4.69, 9.17) is 10.1 Å². The van der Waals surface area contributed by atoms with E-state index in [1.807, 2.05) is 44.7 Å². The van der Waals surface area contributed by atoms with E-state index in [0.717, 1.165) is 37.1 Å². The molecule has 4 aromatic rings. The first kappa shape index (κ1) is 25.9. The molecule has 3 aliphatic rings. The summed E-state index contributed by atoms with van der Waals surface area (Å²) in [5.41, 5.74) is 4.73. The SMILES string of the molecule is C[C@@H]1c2ccccc2CCN1C(=O)c1cc(C2CC2)n2cc(-c3ccc(N4CCC([Si]C(=O)O)C4)cc3F)nc2n1. The zero-order chi connectivity index (χ0) is 28.2. The first-order valence-corrected chi connectivity index (χ1v) is 15.3. The molecule has 41 heavy (non-hydrogen) atoms. The molecule has 2 atom stereocenters. The van der Waals surface area contributed by atoms with Gasteiger partial charge in [-0.1, -0.05) is 24.3 Å². The number of nitrogens with zero attached hydrogens (tertiary/aromatic N) is 5. The molecule has 2 aliphatic heterocycles. The van der Waals surface area contributed by atoms with Crippen molar-refractivity contribution < 1.29 is 19.1 Å². The number of anilines is 1. The van der Waals surface area contributed by atoms with Crippen LogP contribution in [-0.2, 0) is 6.42 Å². The van der Waals surface area contributed by atoms with Crippen LogP contribution in [0.1, 0.15) is 65.5 Å². The summed E-state index contributed by atoms with van der Waals surface area (Å²) in [4.78, 5) is 38.2. The van der Waals surface area contributed by atoms with Gasteiger partial charge in [-0.15, -0.1) is 0 Å². The van der Waals surface area contributed by atoms with Crippen LogP contribution < -0.4 is 4.90 Å². The number of fused-ring (bicyclic) bond motifs is 2. The van der Waals surface area contributed by atoms with Gasteiger partial charge in [0.05, 0.1) is 11.7 Å². The fourth-order valence-electron chi connectivity index (χ4n) is 6.31. The highest BCUT2D eigenvalue weighted by atomic mass is 28.2. The third kappa shape index (κ3) is 4.80. The van der Waals surface area contributed by atoms with Crippen molar-refractivity contribution in [1.82, 2.24) is 19.3 Å². The Bertz CT molecular complexity index is 1690. The van der Waals surface area contributed by atoms with Crippen LogP contribution in [0.5, 0.6) is 0 Å². The zero-order valence-electron chi connectivity index (χ0n) is 22.8. The third-order valence-corrected chi connectivity index (χ3v) is 9.78. The summed E-state index contributed by atoms with van der Waals surface area (Å²) >= 11 is 0. The maximum absolute atomic E-state index is 15.5. The minimum atomic E-state index is -0.773. The molecule has 7 rings (SSSR count). The van der Waals surface area contributed by atoms with Gasteiger partial charge >= 0.3 is 0 Å². The number of carboxylic acid groups (broad SMARTS) is 1. The van der Waals surface area contributed by atoms with E-state index in [1.54, 1.807) is 6.07 Å². The lowest BCUT2D eigenvalue weighted by atomic mass is 9.93. The number of imidazole rings is 1. The summed E-state index contributed by atoms with van der Waals surface area (Å²) in [5.74, 6) is 0.234. The molecule has 1 saturated heterocycles. The van der Waals surface area contributed by atoms with E-state index < -0.39 is 5.59 Å². The van der Waals surface area contributed by atoms with Crippen molar-refractivity contribution in [3.8, 4) is 11.3 Å². The van der Waals surface area contributed by atoms with Crippen LogP contribution in [0.25, 0.3) is 17.0 Å². The topological polar surface area (TPSA) is 91.0 Å². The van der Waals surface area contributed by atoms with Gasteiger partial charge in [0.15, 0.2) is 9.52 Å². The Morgan fingerprint density at radius 1 is 1.05 bits per heavy atom. The Kier molecular flexibility index (Phi) is 6.37. The Hall–Kier alpha value is -4.05. The zero-order valence-corrected chi connectivity index (χ0v) is 23.8. The predicted molar refractivity (Wildman–Crippen MR) is 154 cm³/mol. The summed E-state index contributed by atoms with van der Waals surface area (Å²) in [5, 5.41) is 9.11. The number of aromatic nitrogens is 3. The molecule has 1 N–H and O–H groups in total. The van der Waals surface area contributed by atoms with Crippen molar-refractivity contribution in [2.24, 2.45) is 0 Å². The lowest BCUT2D eigenvalue weighted by molar-refractivity contribution is 0.0671. The lowest BCUT2D eigenvalue weighted by Gasteiger charge is -2.35. The molecule has 2 aromatic heterocycles. The first-order valence-electron chi connectivity index (χ1n) is 14.2. The fraction of sp³-hybridized carbons (Fsp3) is 0.355. The molecular weight excluding hydrogens is 537 g/mol. The van der Waals surface area contributed by atoms with Gasteiger partial charge in [0.1, 0.15) is 11.5 Å². The Morgan fingerprint density at radius 3 is 2.66 bits per heavy atom. The molecule has 1 unspecified atom stereocenters. The van der Waals surface area contributed by atoms with Gasteiger partial charge in [-0.2, -0.15) is 0 Å². The summed E-state index contributed by atoms with van der Waals surface area (Å²) in [7, 11) is -0.136. The van der Waals surface area contributed by atoms with E-state index in [0.29, 0.717) is 48.3 Å². The van der Waals surface area contributed by atoms with Crippen molar-refractivity contribution in [3.63, 3.8) is 0 Å². The fourth-order valence-corrected chi connectivity index (χ4v) is 7.25. The van der Waals surface area contributed by atoms with Gasteiger partial charge in [-0.3, -0.25) is 14.0 Å². The molecule has 208 valence electrons. The molecule has 8 nitrogen and oxygen atoms in total. The molecule has 2 fully saturated rings. The van der Waals surface area contributed by atoms with Crippen LogP contribution in [0.4, 0.5) is 14.9 Å². The second-order valence-electron chi connectivity index (χ2n) is 11.3. The van der Waals surface area contributed by atoms with Gasteiger partial charge in [-0.05, 0) is 79.5 Å². The molecule has 1 saturated carbocycles. The van der Waals surface area contributed by atoms with Crippen LogP contribution in [0.2, 0.25) is 5.54 Å². The molecule has 0 bridgehead atoms. The number of carbonyl (C=O) groups excluding carboxylic acids is 1. The monoisotopic (exact) mass is 567 g/mol. The van der Waals surface area contributed by atoms with Crippen LogP contribution >= 0.6 is 0 Å². The summed E-state index contributed by atoms with van der Waals surface area (Å²) in [6.45, 7) is 4.02. The van der Waals surface area contributed by atoms with E-state index in [2.05, 4.69) is 24.0 Å². The third-order valence-electron chi connectivity index (χ3n) is 8.65. The molecule has 2 aromatic carbocycles. The van der Waals surface area contributed by atoms with E-state index in [9.17, 15) is 9.59 Å². The number of hydrogen-bond acceptors (Lipinski definition) is 5. The van der Waals surface area contributed by atoms with Crippen LogP contribution in [0.3, 0.4) is 0 Å². The minimum Gasteiger partial charge on any atom is -0.486 e. The van der Waals surface area contributed by atoms with Gasteiger partial charge in [0.2, 0.25) is 5.78 Å². The number of halogens is 1. The molecule has 1 aliphatic carbocycles. The van der Waals surface area contributed by atoms with Crippen molar-refractivity contribution in [2.75, 3.05) is 24.5 Å². The van der Waals surface area contributed by atoms with E-state index in [-0.39, 0.29) is 32.8 Å². The van der Waals surface area contributed by atoms with Crippen molar-refractivity contribution in [1.29, 1.82) is 0 Å². The van der Waals surface area contributed by atoms with Crippen LogP contribution in [-0.4, -0.2) is 65.0 Å². The minimum absolute atomic E-state index is 0.0479. The van der Waals surface area contributed by atoms with Crippen molar-refractivity contribution >= 4 is 32.5 Å². The van der Waals surface area contributed by atoms with E-state index >= 15 is 4.39 Å². The average molecular weight is 568 g/mol. The summed E-state index contributed by atoms with van der Waals surface area (Å²) in [6.07, 6.45) is 5.50. The number of carbonyl (C=O) groups is 2. The highest BCUT2D eigenvalue weighted by molar-refractivity contribution is 6.72. The highest BCUT2D eigenvalue weighted by Crippen LogP contribution is 2.41. The predicted octanol–water partition coefficient (Wildman–Crippen LogP) is 5.55. The van der Waals surface area contributed by atoms with Gasteiger partial charge < -0.3 is 14.9 Å². The van der Waals surface area contributed by atoms with Crippen LogP contribution in [0, 0.1) is 5.82 Å². The Balaban J connectivity index is 1.18. The quantitative estimate of drug-likeness (QED) is 0.307. The van der Waals surface area contributed by atoms with Gasteiger partial charge in [-0.25, -0.2) is 14.4 Å². The maximum Gasteiger partial charge on any atom is 0.273 e. The maximum atomic E-state index is 15.5. The average Bonchev–Trinajstić information content (AvgIpc) is 3.55. The highest BCUT2D eigenvalue weighted by Gasteiger charge is 2.33. The van der Waals surface area contributed by atoms with Crippen LogP contribution in [0.15, 0.2) is 54.7 Å². The normalized spacial score (nSPS) is 20.4. The second-order valence-corrected chi connectivity index (χ2v) is 12.8. The molecule has 4 heterocycles. The second kappa shape index (κ2) is 10.1. The smallest absolute Gasteiger partial charge is 0.273 e. The largest absolute Gasteiger partial charge is 0.486 e. The molecular formula is C31H30FN5O3Si. The first-order chi connectivity index (χ1) is 19.9. The van der Waals surface area contributed by atoms with E-state index in [1.165, 1.54) is 17.2 Å². The molecule has 0 spiro atoms. The number of rotatable bonds is 6. The number of hydrogen-bond donors (Lipinski definition) is 1. The molecule has 2 radical (unpaired) electrons. The Morgan fingerprint density at radius 2 is 1.88 bits per heavy atom. The van der Waals surface area contributed by atoms with Crippen molar-refractivity contribution in [2.45, 2.75) is 50.1 Å². The Labute approximate surface area is 239 Å². The van der Waals surface area contributed by atoms with Gasteiger partial charge in [0.25, 0.3) is 11.5 Å².